The van der Waals surface area contributed by atoms with Crippen molar-refractivity contribution in [3.63, 3.8) is 0 Å². The molecule has 2 heterocycles. The number of fused-ring (bicyclic) bond motifs is 1. The summed E-state index contributed by atoms with van der Waals surface area (Å²) in [5.41, 5.74) is 1.55. The van der Waals surface area contributed by atoms with Crippen LogP contribution in [0.15, 0.2) is 59.8 Å². The number of benzene rings is 2. The lowest BCUT2D eigenvalue weighted by Crippen LogP contribution is -2.50. The monoisotopic (exact) mass is 450 g/mol. The molecular weight excluding hydrogens is 435 g/mol. The molecule has 29 heavy (non-hydrogen) atoms. The van der Waals surface area contributed by atoms with Crippen LogP contribution in [0, 0.1) is 0 Å². The Morgan fingerprint density at radius 2 is 1.76 bits per heavy atom. The molecule has 10 heteroatoms. The van der Waals surface area contributed by atoms with Crippen LogP contribution in [0.4, 0.5) is 10.5 Å². The number of anilines is 1. The van der Waals surface area contributed by atoms with Crippen LogP contribution < -0.4 is 4.90 Å². The van der Waals surface area contributed by atoms with Gasteiger partial charge >= 0.3 is 6.03 Å². The molecule has 3 aromatic rings. The zero-order chi connectivity index (χ0) is 20.8. The predicted molar refractivity (Wildman–Crippen MR) is 110 cm³/mol. The molecular formula is C19H16Cl2N4O3S. The molecule has 150 valence electrons. The highest BCUT2D eigenvalue weighted by Gasteiger charge is 2.44. The number of sulfonamides is 1. The molecule has 0 N–H and O–H groups in total. The Hall–Kier alpha value is -2.55. The van der Waals surface area contributed by atoms with E-state index in [9.17, 15) is 13.2 Å². The van der Waals surface area contributed by atoms with Gasteiger partial charge in [-0.05, 0) is 23.3 Å². The van der Waals surface area contributed by atoms with Gasteiger partial charge in [0.05, 0.1) is 19.3 Å². The third-order valence-corrected chi connectivity index (χ3v) is 7.06. The van der Waals surface area contributed by atoms with Gasteiger partial charge in [-0.3, -0.25) is 9.58 Å². The summed E-state index contributed by atoms with van der Waals surface area (Å²) in [5.74, 6) is 0. The summed E-state index contributed by atoms with van der Waals surface area (Å²) in [7, 11) is -2.54. The van der Waals surface area contributed by atoms with Crippen LogP contribution >= 0.6 is 23.2 Å². The van der Waals surface area contributed by atoms with Gasteiger partial charge in [-0.2, -0.15) is 13.5 Å². The summed E-state index contributed by atoms with van der Waals surface area (Å²) in [6.45, 7) is -0.00812. The second-order valence-corrected chi connectivity index (χ2v) is 9.18. The summed E-state index contributed by atoms with van der Waals surface area (Å²) in [6.07, 6.45) is 1.37. The number of carbonyl (C=O) groups is 1. The molecule has 4 rings (SSSR count). The molecule has 1 aromatic heterocycles. The number of hydrogen-bond acceptors (Lipinski definition) is 4. The summed E-state index contributed by atoms with van der Waals surface area (Å²) in [6, 6.07) is 13.2. The van der Waals surface area contributed by atoms with E-state index < -0.39 is 16.1 Å². The quantitative estimate of drug-likeness (QED) is 0.600. The van der Waals surface area contributed by atoms with Gasteiger partial charge in [0.2, 0.25) is 0 Å². The van der Waals surface area contributed by atoms with E-state index in [1.807, 2.05) is 6.07 Å². The Kier molecular flexibility index (Phi) is 5.02. The standard InChI is InChI=1S/C19H16Cl2N4O3S/c1-23-18-17(10-22-23)24(12-14-7-8-15(20)9-16(14)21)19(26)25(29(18,27)28)11-13-5-3-2-4-6-13/h2-10H,11-12H2,1H3. The van der Waals surface area contributed by atoms with Gasteiger partial charge in [0.25, 0.3) is 10.0 Å². The molecule has 2 aromatic carbocycles. The van der Waals surface area contributed by atoms with E-state index in [-0.39, 0.29) is 23.8 Å². The minimum absolute atomic E-state index is 0.0434. The lowest BCUT2D eigenvalue weighted by atomic mass is 10.2. The smallest absolute Gasteiger partial charge is 0.284 e. The largest absolute Gasteiger partial charge is 0.339 e. The van der Waals surface area contributed by atoms with E-state index in [0.29, 0.717) is 21.2 Å². The zero-order valence-electron chi connectivity index (χ0n) is 15.3. The van der Waals surface area contributed by atoms with Gasteiger partial charge < -0.3 is 0 Å². The second kappa shape index (κ2) is 7.37. The molecule has 0 fully saturated rings. The number of rotatable bonds is 4. The van der Waals surface area contributed by atoms with Gasteiger partial charge in [0, 0.05) is 17.1 Å². The minimum Gasteiger partial charge on any atom is -0.284 e. The van der Waals surface area contributed by atoms with Gasteiger partial charge in [-0.1, -0.05) is 59.6 Å². The fraction of sp³-hybridized carbons (Fsp3) is 0.158. The van der Waals surface area contributed by atoms with Gasteiger partial charge in [-0.25, -0.2) is 9.10 Å². The highest BCUT2D eigenvalue weighted by molar-refractivity contribution is 7.89. The first-order valence-electron chi connectivity index (χ1n) is 8.63. The number of amides is 2. The first-order valence-corrected chi connectivity index (χ1v) is 10.8. The number of nitrogens with zero attached hydrogens (tertiary/aromatic N) is 4. The van der Waals surface area contributed by atoms with E-state index in [4.69, 9.17) is 23.2 Å². The fourth-order valence-corrected chi connectivity index (χ4v) is 5.33. The summed E-state index contributed by atoms with van der Waals surface area (Å²) >= 11 is 12.2. The summed E-state index contributed by atoms with van der Waals surface area (Å²) in [4.78, 5) is 14.6. The number of aromatic nitrogens is 2. The van der Waals surface area contributed by atoms with E-state index in [1.54, 1.807) is 42.5 Å². The molecule has 0 spiro atoms. The van der Waals surface area contributed by atoms with Crippen molar-refractivity contribution in [2.75, 3.05) is 4.90 Å². The number of carbonyl (C=O) groups excluding carboxylic acids is 1. The van der Waals surface area contributed by atoms with Crippen LogP contribution in [0.3, 0.4) is 0 Å². The van der Waals surface area contributed by atoms with Crippen LogP contribution in [-0.4, -0.2) is 28.5 Å². The third kappa shape index (κ3) is 3.48. The van der Waals surface area contributed by atoms with Gasteiger partial charge in [-0.15, -0.1) is 0 Å². The van der Waals surface area contributed by atoms with Crippen molar-refractivity contribution in [2.24, 2.45) is 7.05 Å². The summed E-state index contributed by atoms with van der Waals surface area (Å²) < 4.78 is 28.5. The molecule has 7 nitrogen and oxygen atoms in total. The molecule has 0 radical (unpaired) electrons. The SMILES string of the molecule is Cn1ncc2c1S(=O)(=O)N(Cc1ccccc1)C(=O)N2Cc1ccc(Cl)cc1Cl. The molecule has 0 saturated heterocycles. The Labute approximate surface area is 178 Å². The van der Waals surface area contributed by atoms with Crippen LogP contribution in [0.5, 0.6) is 0 Å². The van der Waals surface area contributed by atoms with Crippen molar-refractivity contribution in [2.45, 2.75) is 18.1 Å². The maximum absolute atomic E-state index is 13.3. The Morgan fingerprint density at radius 1 is 1.03 bits per heavy atom. The molecule has 0 atom stereocenters. The predicted octanol–water partition coefficient (Wildman–Crippen LogP) is 4.06. The third-order valence-electron chi connectivity index (χ3n) is 4.65. The van der Waals surface area contributed by atoms with Crippen molar-refractivity contribution in [1.29, 1.82) is 0 Å². The molecule has 0 bridgehead atoms. The highest BCUT2D eigenvalue weighted by Crippen LogP contribution is 2.36. The zero-order valence-corrected chi connectivity index (χ0v) is 17.6. The topological polar surface area (TPSA) is 75.5 Å². The fourth-order valence-electron chi connectivity index (χ4n) is 3.22. The molecule has 2 amide bonds. The van der Waals surface area contributed by atoms with Crippen LogP contribution in [0.2, 0.25) is 10.0 Å². The van der Waals surface area contributed by atoms with Gasteiger partial charge in [0.15, 0.2) is 5.03 Å². The number of aryl methyl sites for hydroxylation is 1. The molecule has 1 aliphatic rings. The van der Waals surface area contributed by atoms with Crippen molar-refractivity contribution in [3.8, 4) is 0 Å². The molecule has 0 unspecified atom stereocenters. The summed E-state index contributed by atoms with van der Waals surface area (Å²) in [5, 5.41) is 4.88. The maximum Gasteiger partial charge on any atom is 0.339 e. The van der Waals surface area contributed by atoms with Crippen LogP contribution in [-0.2, 0) is 30.2 Å². The number of hydrogen-bond donors (Lipinski definition) is 0. The Balaban J connectivity index is 1.79. The normalized spacial score (nSPS) is 15.5. The molecule has 0 aliphatic carbocycles. The molecule has 0 saturated carbocycles. The van der Waals surface area contributed by atoms with Crippen molar-refractivity contribution in [1.82, 2.24) is 14.1 Å². The average Bonchev–Trinajstić information content (AvgIpc) is 3.07. The van der Waals surface area contributed by atoms with Crippen molar-refractivity contribution in [3.05, 3.63) is 75.9 Å². The number of urea groups is 1. The Morgan fingerprint density at radius 3 is 2.45 bits per heavy atom. The number of halogens is 2. The van der Waals surface area contributed by atoms with E-state index in [1.165, 1.54) is 22.8 Å². The average molecular weight is 451 g/mol. The van der Waals surface area contributed by atoms with E-state index >= 15 is 0 Å². The minimum atomic E-state index is -4.07. The van der Waals surface area contributed by atoms with Crippen LogP contribution in [0.1, 0.15) is 11.1 Å². The first kappa shape index (κ1) is 19.8. The lowest BCUT2D eigenvalue weighted by molar-refractivity contribution is 0.225. The van der Waals surface area contributed by atoms with E-state index in [0.717, 1.165) is 4.31 Å². The molecule has 1 aliphatic heterocycles. The highest BCUT2D eigenvalue weighted by atomic mass is 35.5. The van der Waals surface area contributed by atoms with Crippen molar-refractivity contribution < 1.29 is 13.2 Å². The van der Waals surface area contributed by atoms with Gasteiger partial charge in [0.1, 0.15) is 5.69 Å². The van der Waals surface area contributed by atoms with E-state index in [2.05, 4.69) is 5.10 Å². The first-order chi connectivity index (χ1) is 13.8. The van der Waals surface area contributed by atoms with Crippen molar-refractivity contribution >= 4 is 44.9 Å². The maximum atomic E-state index is 13.3. The lowest BCUT2D eigenvalue weighted by Gasteiger charge is -2.34. The Bertz CT molecular complexity index is 1200. The van der Waals surface area contributed by atoms with Crippen LogP contribution in [0.25, 0.3) is 0 Å². The second-order valence-electron chi connectivity index (χ2n) is 6.56.